The van der Waals surface area contributed by atoms with Crippen LogP contribution >= 0.6 is 0 Å². The fourth-order valence-electron chi connectivity index (χ4n) is 3.99. The Morgan fingerprint density at radius 3 is 2.38 bits per heavy atom. The third-order valence-electron chi connectivity index (χ3n) is 5.21. The number of carbonyl (C=O) groups excluding carboxylic acids is 2. The highest BCUT2D eigenvalue weighted by Gasteiger charge is 2.39. The fraction of sp³-hybridized carbons (Fsp3) is 0.273. The zero-order valence-corrected chi connectivity index (χ0v) is 14.8. The largest absolute Gasteiger partial charge is 0.497 e. The highest BCUT2D eigenvalue weighted by molar-refractivity contribution is 6.07. The molecule has 26 heavy (non-hydrogen) atoms. The lowest BCUT2D eigenvalue weighted by atomic mass is 9.77. The molecular formula is C22H21NO3. The smallest absolute Gasteiger partial charge is 0.232 e. The lowest BCUT2D eigenvalue weighted by Gasteiger charge is -2.38. The van der Waals surface area contributed by atoms with Gasteiger partial charge in [-0.15, -0.1) is 0 Å². The van der Waals surface area contributed by atoms with Crippen LogP contribution < -0.4 is 9.64 Å². The van der Waals surface area contributed by atoms with Gasteiger partial charge in [-0.2, -0.15) is 0 Å². The molecule has 2 aromatic rings. The molecule has 0 saturated carbocycles. The molecule has 0 unspecified atom stereocenters. The van der Waals surface area contributed by atoms with E-state index in [9.17, 15) is 9.59 Å². The van der Waals surface area contributed by atoms with Gasteiger partial charge in [-0.25, -0.2) is 0 Å². The number of methoxy groups -OCH3 is 1. The van der Waals surface area contributed by atoms with Crippen molar-refractivity contribution in [3.05, 3.63) is 71.4 Å². The number of nitrogens with zero attached hydrogens (tertiary/aromatic N) is 1. The Labute approximate surface area is 153 Å². The fourth-order valence-corrected chi connectivity index (χ4v) is 3.99. The maximum atomic E-state index is 13.0. The molecule has 0 fully saturated rings. The molecule has 0 radical (unpaired) electrons. The maximum Gasteiger partial charge on any atom is 0.232 e. The molecule has 4 rings (SSSR count). The van der Waals surface area contributed by atoms with Gasteiger partial charge in [0.1, 0.15) is 5.75 Å². The topological polar surface area (TPSA) is 46.6 Å². The Bertz CT molecular complexity index is 868. The van der Waals surface area contributed by atoms with Crippen LogP contribution in [0, 0.1) is 0 Å². The van der Waals surface area contributed by atoms with Crippen molar-refractivity contribution in [2.45, 2.75) is 31.6 Å². The normalized spacial score (nSPS) is 20.2. The Morgan fingerprint density at radius 1 is 0.962 bits per heavy atom. The highest BCUT2D eigenvalue weighted by Crippen LogP contribution is 2.43. The minimum atomic E-state index is -0.170. The van der Waals surface area contributed by atoms with E-state index in [1.54, 1.807) is 12.0 Å². The van der Waals surface area contributed by atoms with Gasteiger partial charge in [-0.3, -0.25) is 14.5 Å². The number of hydrogen-bond acceptors (Lipinski definition) is 3. The summed E-state index contributed by atoms with van der Waals surface area (Å²) >= 11 is 0. The summed E-state index contributed by atoms with van der Waals surface area (Å²) in [5, 5.41) is 0. The van der Waals surface area contributed by atoms with Gasteiger partial charge in [-0.05, 0) is 42.7 Å². The molecule has 4 heteroatoms. The first kappa shape index (κ1) is 16.6. The third-order valence-corrected chi connectivity index (χ3v) is 5.21. The van der Waals surface area contributed by atoms with Crippen LogP contribution in [0.25, 0.3) is 0 Å². The monoisotopic (exact) mass is 347 g/mol. The van der Waals surface area contributed by atoms with Gasteiger partial charge < -0.3 is 4.74 Å². The van der Waals surface area contributed by atoms with Gasteiger partial charge in [0, 0.05) is 35.7 Å². The molecule has 132 valence electrons. The molecule has 1 aliphatic carbocycles. The van der Waals surface area contributed by atoms with Crippen molar-refractivity contribution in [1.82, 2.24) is 0 Å². The molecule has 4 nitrogen and oxygen atoms in total. The number of hydrogen-bond donors (Lipinski definition) is 0. The Balaban J connectivity index is 1.82. The quantitative estimate of drug-likeness (QED) is 0.835. The predicted molar refractivity (Wildman–Crippen MR) is 100 cm³/mol. The van der Waals surface area contributed by atoms with Gasteiger partial charge in [0.25, 0.3) is 0 Å². The average molecular weight is 347 g/mol. The molecule has 0 N–H and O–H groups in total. The molecule has 1 amide bonds. The van der Waals surface area contributed by atoms with Crippen molar-refractivity contribution in [3.63, 3.8) is 0 Å². The molecule has 0 saturated heterocycles. The number of rotatable bonds is 3. The van der Waals surface area contributed by atoms with Crippen molar-refractivity contribution >= 4 is 17.4 Å². The number of benzene rings is 2. The van der Waals surface area contributed by atoms with Crippen LogP contribution in [-0.4, -0.2) is 18.8 Å². The number of carbonyl (C=O) groups is 2. The summed E-state index contributed by atoms with van der Waals surface area (Å²) < 4.78 is 5.23. The van der Waals surface area contributed by atoms with Gasteiger partial charge >= 0.3 is 0 Å². The van der Waals surface area contributed by atoms with Crippen molar-refractivity contribution in [1.29, 1.82) is 0 Å². The van der Waals surface area contributed by atoms with Crippen molar-refractivity contribution in [3.8, 4) is 5.75 Å². The van der Waals surface area contributed by atoms with Crippen LogP contribution in [0.5, 0.6) is 5.75 Å². The van der Waals surface area contributed by atoms with Crippen molar-refractivity contribution in [2.75, 3.05) is 12.0 Å². The van der Waals surface area contributed by atoms with Crippen LogP contribution in [0.15, 0.2) is 65.9 Å². The van der Waals surface area contributed by atoms with Crippen LogP contribution in [0.1, 0.15) is 37.2 Å². The SMILES string of the molecule is COc1ccc([C@@H]2CC(=O)N(c3ccccc3)C3=C2C(=O)CCC3)cc1. The Hall–Kier alpha value is -2.88. The second-order valence-corrected chi connectivity index (χ2v) is 6.73. The lowest BCUT2D eigenvalue weighted by molar-refractivity contribution is -0.119. The second kappa shape index (κ2) is 6.79. The summed E-state index contributed by atoms with van der Waals surface area (Å²) in [4.78, 5) is 27.6. The zero-order chi connectivity index (χ0) is 18.1. The minimum absolute atomic E-state index is 0.0467. The van der Waals surface area contributed by atoms with Gasteiger partial charge in [0.05, 0.1) is 7.11 Å². The third kappa shape index (κ3) is 2.81. The highest BCUT2D eigenvalue weighted by atomic mass is 16.5. The lowest BCUT2D eigenvalue weighted by Crippen LogP contribution is -2.40. The first-order valence-corrected chi connectivity index (χ1v) is 8.97. The molecule has 1 heterocycles. The van der Waals surface area contributed by atoms with E-state index in [-0.39, 0.29) is 17.6 Å². The molecule has 2 aliphatic rings. The zero-order valence-electron chi connectivity index (χ0n) is 14.8. The van der Waals surface area contributed by atoms with E-state index in [4.69, 9.17) is 4.74 Å². The average Bonchev–Trinajstić information content (AvgIpc) is 2.68. The first-order valence-electron chi connectivity index (χ1n) is 8.97. The predicted octanol–water partition coefficient (Wildman–Crippen LogP) is 4.22. The Morgan fingerprint density at radius 2 is 1.69 bits per heavy atom. The minimum Gasteiger partial charge on any atom is -0.497 e. The number of amides is 1. The summed E-state index contributed by atoms with van der Waals surface area (Å²) in [5.74, 6) is 0.813. The van der Waals surface area contributed by atoms with Gasteiger partial charge in [0.2, 0.25) is 5.91 Å². The van der Waals surface area contributed by atoms with E-state index in [2.05, 4.69) is 0 Å². The molecule has 0 bridgehead atoms. The van der Waals surface area contributed by atoms with Gasteiger partial charge in [-0.1, -0.05) is 30.3 Å². The summed E-state index contributed by atoms with van der Waals surface area (Å²) in [6.07, 6.45) is 2.42. The second-order valence-electron chi connectivity index (χ2n) is 6.73. The van der Waals surface area contributed by atoms with Crippen LogP contribution in [0.4, 0.5) is 5.69 Å². The maximum absolute atomic E-state index is 13.0. The van der Waals surface area contributed by atoms with E-state index in [1.165, 1.54) is 0 Å². The Kier molecular flexibility index (Phi) is 4.33. The van der Waals surface area contributed by atoms with E-state index < -0.39 is 0 Å². The number of allylic oxidation sites excluding steroid dienone is 2. The number of para-hydroxylation sites is 1. The van der Waals surface area contributed by atoms with Crippen LogP contribution in [0.2, 0.25) is 0 Å². The molecule has 1 atom stereocenters. The summed E-state index contributed by atoms with van der Waals surface area (Å²) in [6, 6.07) is 17.3. The standard InChI is InChI=1S/C22H21NO3/c1-26-17-12-10-15(11-13-17)18-14-21(25)23(16-6-3-2-4-7-16)19-8-5-9-20(24)22(18)19/h2-4,6-7,10-13,18H,5,8-9,14H2,1H3/t18-/m0/s1. The molecule has 0 spiro atoms. The van der Waals surface area contributed by atoms with Gasteiger partial charge in [0.15, 0.2) is 5.78 Å². The van der Waals surface area contributed by atoms with Crippen molar-refractivity contribution in [2.24, 2.45) is 0 Å². The number of anilines is 1. The molecule has 2 aromatic carbocycles. The number of ether oxygens (including phenoxy) is 1. The van der Waals surface area contributed by atoms with E-state index >= 15 is 0 Å². The van der Waals surface area contributed by atoms with E-state index in [0.29, 0.717) is 12.8 Å². The van der Waals surface area contributed by atoms with Crippen LogP contribution in [-0.2, 0) is 9.59 Å². The van der Waals surface area contributed by atoms with E-state index in [1.807, 2.05) is 54.6 Å². The summed E-state index contributed by atoms with van der Waals surface area (Å²) in [6.45, 7) is 0. The van der Waals surface area contributed by atoms with E-state index in [0.717, 1.165) is 41.1 Å². The summed E-state index contributed by atoms with van der Waals surface area (Å²) in [5.41, 5.74) is 3.52. The van der Waals surface area contributed by atoms with Crippen LogP contribution in [0.3, 0.4) is 0 Å². The summed E-state index contributed by atoms with van der Waals surface area (Å²) in [7, 11) is 1.63. The molecule has 0 aromatic heterocycles. The molecule has 1 aliphatic heterocycles. The number of ketones is 1. The van der Waals surface area contributed by atoms with Crippen molar-refractivity contribution < 1.29 is 14.3 Å². The molecular weight excluding hydrogens is 326 g/mol. The number of Topliss-reactive ketones (excluding diaryl/α,β-unsaturated/α-hetero) is 1. The first-order chi connectivity index (χ1) is 12.7.